The van der Waals surface area contributed by atoms with Gasteiger partial charge >= 0.3 is 6.09 Å². The number of amides is 2. The lowest BCUT2D eigenvalue weighted by Crippen LogP contribution is -2.34. The number of aryl methyl sites for hydroxylation is 1. The number of carbonyl (C=O) groups excluding carboxylic acids is 2. The van der Waals surface area contributed by atoms with E-state index in [4.69, 9.17) is 4.74 Å². The van der Waals surface area contributed by atoms with E-state index in [1.165, 1.54) is 11.3 Å². The van der Waals surface area contributed by atoms with Crippen molar-refractivity contribution in [2.75, 3.05) is 11.9 Å². The topological polar surface area (TPSA) is 80.3 Å². The first-order valence-electron chi connectivity index (χ1n) is 7.37. The van der Waals surface area contributed by atoms with Crippen LogP contribution in [-0.4, -0.2) is 29.1 Å². The van der Waals surface area contributed by atoms with Crippen LogP contribution in [0.4, 0.5) is 9.93 Å². The van der Waals surface area contributed by atoms with Crippen molar-refractivity contribution < 1.29 is 14.3 Å². The van der Waals surface area contributed by atoms with E-state index in [9.17, 15) is 9.59 Å². The number of hydrogen-bond donors (Lipinski definition) is 2. The Morgan fingerprint density at radius 3 is 2.70 bits per heavy atom. The van der Waals surface area contributed by atoms with Crippen molar-refractivity contribution in [2.24, 2.45) is 0 Å². The normalized spacial score (nSPS) is 11.3. The Labute approximate surface area is 139 Å². The van der Waals surface area contributed by atoms with Gasteiger partial charge in [-0.25, -0.2) is 9.78 Å². The van der Waals surface area contributed by atoms with Crippen molar-refractivity contribution in [1.82, 2.24) is 10.3 Å². The van der Waals surface area contributed by atoms with Gasteiger partial charge in [0, 0.05) is 13.0 Å². The minimum atomic E-state index is -0.550. The molecule has 23 heavy (non-hydrogen) atoms. The average molecular weight is 335 g/mol. The number of alkyl carbamates (subject to hydrolysis) is 1. The summed E-state index contributed by atoms with van der Waals surface area (Å²) in [5, 5.41) is 5.88. The second kappa shape index (κ2) is 6.95. The smallest absolute Gasteiger partial charge is 0.407 e. The molecule has 0 bridgehead atoms. The lowest BCUT2D eigenvalue weighted by atomic mass is 10.2. The first-order valence-corrected chi connectivity index (χ1v) is 8.19. The maximum atomic E-state index is 11.9. The van der Waals surface area contributed by atoms with E-state index in [1.54, 1.807) is 20.8 Å². The number of nitrogens with one attached hydrogen (secondary N) is 2. The van der Waals surface area contributed by atoms with Gasteiger partial charge in [-0.05, 0) is 39.3 Å². The standard InChI is InChI=1S/C16H21N3O3S/c1-10-6-5-7-11-13(10)19-14(23-11)18-12(20)8-9-17-15(21)22-16(2,3)4/h5-7H,8-9H2,1-4H3,(H,17,21)(H,18,19,20). The van der Waals surface area contributed by atoms with E-state index in [0.717, 1.165) is 15.8 Å². The van der Waals surface area contributed by atoms with Crippen molar-refractivity contribution in [2.45, 2.75) is 39.7 Å². The fourth-order valence-electron chi connectivity index (χ4n) is 1.91. The Bertz CT molecular complexity index is 719. The van der Waals surface area contributed by atoms with E-state index < -0.39 is 11.7 Å². The van der Waals surface area contributed by atoms with Crippen molar-refractivity contribution in [3.8, 4) is 0 Å². The fourth-order valence-corrected chi connectivity index (χ4v) is 2.87. The van der Waals surface area contributed by atoms with Crippen molar-refractivity contribution >= 4 is 38.7 Å². The Morgan fingerprint density at radius 1 is 1.30 bits per heavy atom. The predicted octanol–water partition coefficient (Wildman–Crippen LogP) is 3.46. The summed E-state index contributed by atoms with van der Waals surface area (Å²) in [7, 11) is 0. The van der Waals surface area contributed by atoms with Crippen molar-refractivity contribution in [1.29, 1.82) is 0 Å². The quantitative estimate of drug-likeness (QED) is 0.896. The number of rotatable bonds is 4. The number of thiazole rings is 1. The predicted molar refractivity (Wildman–Crippen MR) is 91.8 cm³/mol. The van der Waals surface area contributed by atoms with Crippen LogP contribution >= 0.6 is 11.3 Å². The molecule has 0 atom stereocenters. The number of nitrogens with zero attached hydrogens (tertiary/aromatic N) is 1. The zero-order valence-electron chi connectivity index (χ0n) is 13.7. The Balaban J connectivity index is 1.82. The van der Waals surface area contributed by atoms with Gasteiger partial charge in [0.15, 0.2) is 5.13 Å². The van der Waals surface area contributed by atoms with Gasteiger partial charge in [-0.2, -0.15) is 0 Å². The highest BCUT2D eigenvalue weighted by molar-refractivity contribution is 7.22. The number of fused-ring (bicyclic) bond motifs is 1. The SMILES string of the molecule is Cc1cccc2sc(NC(=O)CCNC(=O)OC(C)(C)C)nc12. The molecule has 0 aliphatic heterocycles. The molecule has 2 N–H and O–H groups in total. The summed E-state index contributed by atoms with van der Waals surface area (Å²) in [6.07, 6.45) is -0.366. The molecule has 0 radical (unpaired) electrons. The lowest BCUT2D eigenvalue weighted by molar-refractivity contribution is -0.116. The minimum Gasteiger partial charge on any atom is -0.444 e. The third-order valence-corrected chi connectivity index (χ3v) is 3.82. The molecule has 124 valence electrons. The number of hydrogen-bond acceptors (Lipinski definition) is 5. The number of para-hydroxylation sites is 1. The second-order valence-corrected chi connectivity index (χ2v) is 7.20. The van der Waals surface area contributed by atoms with Gasteiger partial charge in [0.1, 0.15) is 5.60 Å². The van der Waals surface area contributed by atoms with Gasteiger partial charge in [-0.3, -0.25) is 4.79 Å². The number of anilines is 1. The molecule has 0 saturated heterocycles. The summed E-state index contributed by atoms with van der Waals surface area (Å²) in [4.78, 5) is 27.8. The summed E-state index contributed by atoms with van der Waals surface area (Å²) >= 11 is 1.43. The molecule has 0 saturated carbocycles. The van der Waals surface area contributed by atoms with E-state index in [1.807, 2.05) is 25.1 Å². The van der Waals surface area contributed by atoms with Crippen LogP contribution < -0.4 is 10.6 Å². The van der Waals surface area contributed by atoms with Gasteiger partial charge in [0.25, 0.3) is 0 Å². The summed E-state index contributed by atoms with van der Waals surface area (Å²) in [5.74, 6) is -0.197. The zero-order chi connectivity index (χ0) is 17.0. The molecular formula is C16H21N3O3S. The van der Waals surface area contributed by atoms with E-state index >= 15 is 0 Å². The van der Waals surface area contributed by atoms with E-state index in [-0.39, 0.29) is 18.9 Å². The third kappa shape index (κ3) is 5.21. The maximum Gasteiger partial charge on any atom is 0.407 e. The highest BCUT2D eigenvalue weighted by atomic mass is 32.1. The summed E-state index contributed by atoms with van der Waals surface area (Å²) in [6.45, 7) is 7.56. The molecule has 2 aromatic rings. The number of benzene rings is 1. The molecule has 0 fully saturated rings. The highest BCUT2D eigenvalue weighted by Gasteiger charge is 2.16. The minimum absolute atomic E-state index is 0.161. The van der Waals surface area contributed by atoms with Crippen molar-refractivity contribution in [3.05, 3.63) is 23.8 Å². The van der Waals surface area contributed by atoms with Crippen LogP contribution in [-0.2, 0) is 9.53 Å². The molecule has 1 heterocycles. The molecule has 6 nitrogen and oxygen atoms in total. The van der Waals surface area contributed by atoms with Crippen LogP contribution in [0.15, 0.2) is 18.2 Å². The monoisotopic (exact) mass is 335 g/mol. The zero-order valence-corrected chi connectivity index (χ0v) is 14.5. The molecule has 2 rings (SSSR count). The van der Waals surface area contributed by atoms with Gasteiger partial charge in [0.05, 0.1) is 10.2 Å². The van der Waals surface area contributed by atoms with Gasteiger partial charge in [0.2, 0.25) is 5.91 Å². The highest BCUT2D eigenvalue weighted by Crippen LogP contribution is 2.27. The summed E-state index contributed by atoms with van der Waals surface area (Å²) < 4.78 is 6.13. The molecule has 0 aliphatic carbocycles. The Morgan fingerprint density at radius 2 is 2.04 bits per heavy atom. The van der Waals surface area contributed by atoms with Crippen LogP contribution in [0.2, 0.25) is 0 Å². The maximum absolute atomic E-state index is 11.9. The summed E-state index contributed by atoms with van der Waals surface area (Å²) in [6, 6.07) is 5.92. The third-order valence-electron chi connectivity index (χ3n) is 2.89. The molecule has 0 aliphatic rings. The first-order chi connectivity index (χ1) is 10.7. The number of aromatic nitrogens is 1. The van der Waals surface area contributed by atoms with Gasteiger partial charge < -0.3 is 15.4 Å². The fraction of sp³-hybridized carbons (Fsp3) is 0.438. The molecule has 1 aromatic heterocycles. The van der Waals surface area contributed by atoms with Crippen LogP contribution in [0.25, 0.3) is 10.2 Å². The molecule has 2 amide bonds. The van der Waals surface area contributed by atoms with Crippen LogP contribution in [0.1, 0.15) is 32.8 Å². The first kappa shape index (κ1) is 17.2. The van der Waals surface area contributed by atoms with Crippen LogP contribution in [0, 0.1) is 6.92 Å². The van der Waals surface area contributed by atoms with Crippen LogP contribution in [0.5, 0.6) is 0 Å². The molecule has 0 unspecified atom stereocenters. The second-order valence-electron chi connectivity index (χ2n) is 6.17. The average Bonchev–Trinajstić information content (AvgIpc) is 2.80. The number of ether oxygens (including phenoxy) is 1. The number of carbonyl (C=O) groups is 2. The van der Waals surface area contributed by atoms with Gasteiger partial charge in [-0.15, -0.1) is 0 Å². The Kier molecular flexibility index (Phi) is 5.20. The lowest BCUT2D eigenvalue weighted by Gasteiger charge is -2.19. The molecule has 1 aromatic carbocycles. The van der Waals surface area contributed by atoms with E-state index in [2.05, 4.69) is 15.6 Å². The Hall–Kier alpha value is -2.15. The van der Waals surface area contributed by atoms with Crippen molar-refractivity contribution in [3.63, 3.8) is 0 Å². The van der Waals surface area contributed by atoms with E-state index in [0.29, 0.717) is 5.13 Å². The summed E-state index contributed by atoms with van der Waals surface area (Å²) in [5.41, 5.74) is 1.43. The largest absolute Gasteiger partial charge is 0.444 e. The van der Waals surface area contributed by atoms with Gasteiger partial charge in [-0.1, -0.05) is 23.5 Å². The molecule has 7 heteroatoms. The molecular weight excluding hydrogens is 314 g/mol. The van der Waals surface area contributed by atoms with Crippen LogP contribution in [0.3, 0.4) is 0 Å². The molecule has 0 spiro atoms.